The van der Waals surface area contributed by atoms with E-state index in [-0.39, 0.29) is 11.5 Å². The lowest BCUT2D eigenvalue weighted by atomic mass is 10.1. The van der Waals surface area contributed by atoms with Gasteiger partial charge in [0, 0.05) is 24.8 Å². The van der Waals surface area contributed by atoms with Crippen molar-refractivity contribution in [3.8, 4) is 0 Å². The lowest BCUT2D eigenvalue weighted by molar-refractivity contribution is -0.118. The minimum atomic E-state index is -2.97. The molecule has 0 saturated carbocycles. The second-order valence-corrected chi connectivity index (χ2v) is 6.45. The first-order valence-corrected chi connectivity index (χ1v) is 7.47. The van der Waals surface area contributed by atoms with Gasteiger partial charge in [-0.15, -0.1) is 0 Å². The Kier molecular flexibility index (Phi) is 4.69. The minimum absolute atomic E-state index is 0.0410. The van der Waals surface area contributed by atoms with Crippen LogP contribution in [0.2, 0.25) is 0 Å². The molecule has 17 heavy (non-hydrogen) atoms. The number of sulfone groups is 1. The van der Waals surface area contributed by atoms with Crippen LogP contribution in [-0.4, -0.2) is 26.2 Å². The molecular weight excluding hydrogens is 238 g/mol. The quantitative estimate of drug-likeness (QED) is 0.775. The standard InChI is InChI=1S/C12H17NO3S/c1-17(15,16)7-3-6-12(14)9-10-4-2-5-11(13)8-10/h2,4-5,8H,3,6-7,9,13H2,1H3. The Morgan fingerprint density at radius 1 is 1.35 bits per heavy atom. The van der Waals surface area contributed by atoms with Gasteiger partial charge in [-0.3, -0.25) is 4.79 Å². The minimum Gasteiger partial charge on any atom is -0.399 e. The Bertz CT molecular complexity index is 494. The van der Waals surface area contributed by atoms with Crippen molar-refractivity contribution in [3.63, 3.8) is 0 Å². The van der Waals surface area contributed by atoms with E-state index in [9.17, 15) is 13.2 Å². The molecule has 0 amide bonds. The molecule has 0 aliphatic carbocycles. The van der Waals surface area contributed by atoms with E-state index in [0.29, 0.717) is 24.9 Å². The molecule has 94 valence electrons. The van der Waals surface area contributed by atoms with Crippen molar-refractivity contribution < 1.29 is 13.2 Å². The summed E-state index contributed by atoms with van der Waals surface area (Å²) in [5, 5.41) is 0. The fraction of sp³-hybridized carbons (Fsp3) is 0.417. The third-order valence-electron chi connectivity index (χ3n) is 2.32. The summed E-state index contributed by atoms with van der Waals surface area (Å²) in [6.07, 6.45) is 2.17. The number of hydrogen-bond acceptors (Lipinski definition) is 4. The van der Waals surface area contributed by atoms with Crippen molar-refractivity contribution in [1.82, 2.24) is 0 Å². The fourth-order valence-corrected chi connectivity index (χ4v) is 2.22. The molecule has 1 aromatic rings. The number of carbonyl (C=O) groups excluding carboxylic acids is 1. The van der Waals surface area contributed by atoms with Gasteiger partial charge in [0.05, 0.1) is 5.75 Å². The molecule has 0 aliphatic heterocycles. The van der Waals surface area contributed by atoms with Gasteiger partial charge in [0.25, 0.3) is 0 Å². The zero-order valence-corrected chi connectivity index (χ0v) is 10.7. The zero-order chi connectivity index (χ0) is 12.9. The molecule has 0 saturated heterocycles. The van der Waals surface area contributed by atoms with Gasteiger partial charge in [-0.2, -0.15) is 0 Å². The summed E-state index contributed by atoms with van der Waals surface area (Å²) >= 11 is 0. The number of hydrogen-bond donors (Lipinski definition) is 1. The number of anilines is 1. The first kappa shape index (κ1) is 13.7. The van der Waals surface area contributed by atoms with Gasteiger partial charge >= 0.3 is 0 Å². The summed E-state index contributed by atoms with van der Waals surface area (Å²) in [7, 11) is -2.97. The highest BCUT2D eigenvalue weighted by atomic mass is 32.2. The van der Waals surface area contributed by atoms with Gasteiger partial charge in [0.1, 0.15) is 15.6 Å². The van der Waals surface area contributed by atoms with Crippen molar-refractivity contribution in [2.45, 2.75) is 19.3 Å². The van der Waals surface area contributed by atoms with Gasteiger partial charge in [0.2, 0.25) is 0 Å². The number of benzene rings is 1. The summed E-state index contributed by atoms with van der Waals surface area (Å²) < 4.78 is 21.8. The monoisotopic (exact) mass is 255 g/mol. The maximum atomic E-state index is 11.6. The molecule has 2 N–H and O–H groups in total. The van der Waals surface area contributed by atoms with Crippen molar-refractivity contribution in [3.05, 3.63) is 29.8 Å². The first-order chi connectivity index (χ1) is 7.87. The lowest BCUT2D eigenvalue weighted by Gasteiger charge is -2.02. The van der Waals surface area contributed by atoms with Crippen molar-refractivity contribution in [2.75, 3.05) is 17.7 Å². The van der Waals surface area contributed by atoms with E-state index in [0.717, 1.165) is 5.56 Å². The normalized spacial score (nSPS) is 11.4. The van der Waals surface area contributed by atoms with Crippen LogP contribution in [0.3, 0.4) is 0 Å². The van der Waals surface area contributed by atoms with Crippen LogP contribution in [0.1, 0.15) is 18.4 Å². The highest BCUT2D eigenvalue weighted by Crippen LogP contribution is 2.09. The van der Waals surface area contributed by atoms with Crippen molar-refractivity contribution >= 4 is 21.3 Å². The number of rotatable bonds is 6. The first-order valence-electron chi connectivity index (χ1n) is 5.41. The fourth-order valence-electron chi connectivity index (χ4n) is 1.55. The van der Waals surface area contributed by atoms with E-state index in [4.69, 9.17) is 5.73 Å². The van der Waals surface area contributed by atoms with Crippen LogP contribution in [-0.2, 0) is 21.1 Å². The summed E-state index contributed by atoms with van der Waals surface area (Å²) in [6.45, 7) is 0. The Morgan fingerprint density at radius 3 is 2.65 bits per heavy atom. The van der Waals surface area contributed by atoms with Crippen LogP contribution in [0.4, 0.5) is 5.69 Å². The number of nitrogens with two attached hydrogens (primary N) is 1. The summed E-state index contributed by atoms with van der Waals surface area (Å²) in [5.74, 6) is 0.106. The summed E-state index contributed by atoms with van der Waals surface area (Å²) in [6, 6.07) is 7.16. The Hall–Kier alpha value is -1.36. The van der Waals surface area contributed by atoms with Gasteiger partial charge in [-0.1, -0.05) is 12.1 Å². The van der Waals surface area contributed by atoms with Gasteiger partial charge in [0.15, 0.2) is 0 Å². The van der Waals surface area contributed by atoms with E-state index in [1.54, 1.807) is 18.2 Å². The molecular formula is C12H17NO3S. The van der Waals surface area contributed by atoms with Gasteiger partial charge in [-0.25, -0.2) is 8.42 Å². The van der Waals surface area contributed by atoms with Gasteiger partial charge in [-0.05, 0) is 24.1 Å². The third-order valence-corrected chi connectivity index (χ3v) is 3.35. The highest BCUT2D eigenvalue weighted by Gasteiger charge is 2.07. The molecule has 5 heteroatoms. The van der Waals surface area contributed by atoms with Crippen LogP contribution in [0.25, 0.3) is 0 Å². The van der Waals surface area contributed by atoms with E-state index in [2.05, 4.69) is 0 Å². The molecule has 1 rings (SSSR count). The van der Waals surface area contributed by atoms with Crippen LogP contribution < -0.4 is 5.73 Å². The maximum Gasteiger partial charge on any atom is 0.147 e. The Labute approximate surface area is 102 Å². The summed E-state index contributed by atoms with van der Waals surface area (Å²) in [4.78, 5) is 11.6. The molecule has 0 bridgehead atoms. The topological polar surface area (TPSA) is 77.2 Å². The van der Waals surface area contributed by atoms with Crippen LogP contribution in [0, 0.1) is 0 Å². The molecule has 0 fully saturated rings. The lowest BCUT2D eigenvalue weighted by Crippen LogP contribution is -2.08. The molecule has 4 nitrogen and oxygen atoms in total. The van der Waals surface area contributed by atoms with Crippen molar-refractivity contribution in [1.29, 1.82) is 0 Å². The molecule has 1 aromatic carbocycles. The SMILES string of the molecule is CS(=O)(=O)CCCC(=O)Cc1cccc(N)c1. The second kappa shape index (κ2) is 5.82. The van der Waals surface area contributed by atoms with Crippen LogP contribution in [0.5, 0.6) is 0 Å². The molecule has 0 unspecified atom stereocenters. The van der Waals surface area contributed by atoms with E-state index in [1.807, 2.05) is 6.07 Å². The number of nitrogen functional groups attached to an aromatic ring is 1. The molecule has 0 spiro atoms. The van der Waals surface area contributed by atoms with E-state index in [1.165, 1.54) is 6.26 Å². The molecule has 0 heterocycles. The smallest absolute Gasteiger partial charge is 0.147 e. The maximum absolute atomic E-state index is 11.6. The number of ketones is 1. The molecule has 0 atom stereocenters. The predicted octanol–water partition coefficient (Wildman–Crippen LogP) is 1.21. The average Bonchev–Trinajstić information content (AvgIpc) is 2.15. The number of carbonyl (C=O) groups is 1. The Balaban J connectivity index is 2.40. The molecule has 0 aromatic heterocycles. The Morgan fingerprint density at radius 2 is 2.06 bits per heavy atom. The van der Waals surface area contributed by atoms with Crippen LogP contribution >= 0.6 is 0 Å². The average molecular weight is 255 g/mol. The highest BCUT2D eigenvalue weighted by molar-refractivity contribution is 7.90. The second-order valence-electron chi connectivity index (χ2n) is 4.19. The largest absolute Gasteiger partial charge is 0.399 e. The summed E-state index contributed by atoms with van der Waals surface area (Å²) in [5.41, 5.74) is 7.10. The van der Waals surface area contributed by atoms with Crippen molar-refractivity contribution in [2.24, 2.45) is 0 Å². The van der Waals surface area contributed by atoms with E-state index >= 15 is 0 Å². The molecule has 0 aliphatic rings. The third kappa shape index (κ3) is 6.06. The van der Waals surface area contributed by atoms with Gasteiger partial charge < -0.3 is 5.73 Å². The predicted molar refractivity (Wildman–Crippen MR) is 68.5 cm³/mol. The zero-order valence-electron chi connectivity index (χ0n) is 9.85. The molecule has 0 radical (unpaired) electrons. The number of Topliss-reactive ketones (excluding diaryl/α,β-unsaturated/α-hetero) is 1. The van der Waals surface area contributed by atoms with Crippen LogP contribution in [0.15, 0.2) is 24.3 Å². The van der Waals surface area contributed by atoms with E-state index < -0.39 is 9.84 Å².